The fraction of sp³-hybridized carbons (Fsp3) is 0.467. The smallest absolute Gasteiger partial charge is 0.416 e. The predicted molar refractivity (Wildman–Crippen MR) is 89.2 cm³/mol. The first kappa shape index (κ1) is 21.8. The minimum Gasteiger partial charge on any atom is -0.456 e. The number of tetrazole rings is 1. The fourth-order valence-electron chi connectivity index (χ4n) is 2.08. The second kappa shape index (κ2) is 9.10. The molecular weight excluding hydrogens is 403 g/mol. The average molecular weight is 421 g/mol. The number of unbranched alkanes of at least 4 members (excludes halogenated alkanes) is 1. The summed E-state index contributed by atoms with van der Waals surface area (Å²) in [7, 11) is -4.33. The molecule has 0 aliphatic carbocycles. The zero-order chi connectivity index (χ0) is 20.8. The van der Waals surface area contributed by atoms with Gasteiger partial charge in [0.2, 0.25) is 10.0 Å². The molecule has 154 valence electrons. The molecule has 0 bridgehead atoms. The number of rotatable bonds is 9. The number of alkyl halides is 3. The molecule has 9 nitrogen and oxygen atoms in total. The van der Waals surface area contributed by atoms with Gasteiger partial charge in [0.15, 0.2) is 12.4 Å². The van der Waals surface area contributed by atoms with E-state index in [2.05, 4.69) is 15.5 Å². The van der Waals surface area contributed by atoms with Gasteiger partial charge in [0, 0.05) is 6.54 Å². The third-order valence-electron chi connectivity index (χ3n) is 3.57. The van der Waals surface area contributed by atoms with Crippen LogP contribution >= 0.6 is 0 Å². The third kappa shape index (κ3) is 5.99. The molecule has 1 aromatic carbocycles. The molecule has 0 aliphatic heterocycles. The number of halogens is 3. The van der Waals surface area contributed by atoms with Crippen LogP contribution in [-0.2, 0) is 38.9 Å². The summed E-state index contributed by atoms with van der Waals surface area (Å²) in [4.78, 5) is 11.1. The number of nitrogens with one attached hydrogen (secondary N) is 1. The number of carbonyl (C=O) groups is 1. The number of aromatic nitrogens is 4. The van der Waals surface area contributed by atoms with Crippen LogP contribution in [0.25, 0.3) is 0 Å². The van der Waals surface area contributed by atoms with Gasteiger partial charge in [0.05, 0.1) is 10.5 Å². The van der Waals surface area contributed by atoms with Gasteiger partial charge in [0.1, 0.15) is 6.54 Å². The zero-order valence-electron chi connectivity index (χ0n) is 14.8. The van der Waals surface area contributed by atoms with Gasteiger partial charge in [-0.15, -0.1) is 5.10 Å². The largest absolute Gasteiger partial charge is 0.456 e. The Hall–Kier alpha value is -2.54. The van der Waals surface area contributed by atoms with Crippen LogP contribution in [0, 0.1) is 0 Å². The van der Waals surface area contributed by atoms with Crippen molar-refractivity contribution in [2.75, 3.05) is 6.54 Å². The Labute approximate surface area is 158 Å². The van der Waals surface area contributed by atoms with E-state index < -0.39 is 39.2 Å². The summed E-state index contributed by atoms with van der Waals surface area (Å²) < 4.78 is 70.6. The quantitative estimate of drug-likeness (QED) is 0.610. The van der Waals surface area contributed by atoms with E-state index in [1.54, 1.807) is 0 Å². The van der Waals surface area contributed by atoms with Crippen LogP contribution < -0.4 is 4.72 Å². The lowest BCUT2D eigenvalue weighted by Crippen LogP contribution is -2.31. The highest BCUT2D eigenvalue weighted by molar-refractivity contribution is 7.89. The van der Waals surface area contributed by atoms with E-state index in [-0.39, 0.29) is 6.61 Å². The maximum atomic E-state index is 12.7. The summed E-state index contributed by atoms with van der Waals surface area (Å²) in [5, 5.41) is 10.9. The van der Waals surface area contributed by atoms with Crippen LogP contribution in [-0.4, -0.2) is 41.1 Å². The minimum atomic E-state index is -4.69. The van der Waals surface area contributed by atoms with E-state index in [1.165, 1.54) is 4.68 Å². The summed E-state index contributed by atoms with van der Waals surface area (Å²) >= 11 is 0. The Balaban J connectivity index is 1.92. The van der Waals surface area contributed by atoms with Crippen LogP contribution in [0.3, 0.4) is 0 Å². The minimum absolute atomic E-state index is 0.263. The Bertz CT molecular complexity index is 914. The first-order chi connectivity index (χ1) is 13.1. The van der Waals surface area contributed by atoms with E-state index in [0.29, 0.717) is 18.4 Å². The number of hydrogen-bond acceptors (Lipinski definition) is 7. The maximum absolute atomic E-state index is 12.7. The number of aryl methyl sites for hydroxylation is 1. The second-order valence-electron chi connectivity index (χ2n) is 5.68. The molecule has 0 amide bonds. The molecule has 0 spiro atoms. The topological polar surface area (TPSA) is 116 Å². The molecule has 2 rings (SSSR count). The Morgan fingerprint density at radius 1 is 1.32 bits per heavy atom. The lowest BCUT2D eigenvalue weighted by Gasteiger charge is -2.10. The first-order valence-electron chi connectivity index (χ1n) is 8.21. The third-order valence-corrected chi connectivity index (χ3v) is 4.97. The number of carbonyl (C=O) groups excluding carboxylic acids is 1. The van der Waals surface area contributed by atoms with Gasteiger partial charge in [-0.05, 0) is 35.0 Å². The van der Waals surface area contributed by atoms with Crippen molar-refractivity contribution in [1.29, 1.82) is 0 Å². The van der Waals surface area contributed by atoms with E-state index >= 15 is 0 Å². The number of nitrogens with zero attached hydrogens (tertiary/aromatic N) is 4. The highest BCUT2D eigenvalue weighted by Gasteiger charge is 2.31. The Kier molecular flexibility index (Phi) is 7.07. The Morgan fingerprint density at radius 2 is 2.07 bits per heavy atom. The van der Waals surface area contributed by atoms with Gasteiger partial charge in [0.25, 0.3) is 0 Å². The summed E-state index contributed by atoms with van der Waals surface area (Å²) in [6.07, 6.45) is -2.95. The molecule has 0 unspecified atom stereocenters. The van der Waals surface area contributed by atoms with Gasteiger partial charge >= 0.3 is 12.1 Å². The molecule has 13 heteroatoms. The van der Waals surface area contributed by atoms with Crippen molar-refractivity contribution in [2.45, 2.75) is 44.0 Å². The van der Waals surface area contributed by atoms with E-state index in [9.17, 15) is 26.4 Å². The van der Waals surface area contributed by atoms with E-state index in [4.69, 9.17) is 4.74 Å². The van der Waals surface area contributed by atoms with Crippen molar-refractivity contribution >= 4 is 16.0 Å². The molecule has 1 aromatic heterocycles. The molecule has 0 aliphatic rings. The van der Waals surface area contributed by atoms with Crippen LogP contribution in [0.5, 0.6) is 0 Å². The zero-order valence-corrected chi connectivity index (χ0v) is 15.6. The van der Waals surface area contributed by atoms with Crippen molar-refractivity contribution in [1.82, 2.24) is 24.9 Å². The normalized spacial score (nSPS) is 12.1. The van der Waals surface area contributed by atoms with Crippen LogP contribution in [0.1, 0.15) is 31.2 Å². The fourth-order valence-corrected chi connectivity index (χ4v) is 3.10. The molecule has 0 saturated carbocycles. The Morgan fingerprint density at radius 3 is 2.75 bits per heavy atom. The number of esters is 1. The second-order valence-corrected chi connectivity index (χ2v) is 7.45. The first-order valence-corrected chi connectivity index (χ1v) is 9.69. The summed E-state index contributed by atoms with van der Waals surface area (Å²) in [6.45, 7) is 1.51. The van der Waals surface area contributed by atoms with Crippen molar-refractivity contribution in [2.24, 2.45) is 0 Å². The lowest BCUT2D eigenvalue weighted by atomic mass is 10.2. The predicted octanol–water partition coefficient (Wildman–Crippen LogP) is 1.51. The molecular formula is C15H18F3N5O4S. The molecule has 0 fully saturated rings. The van der Waals surface area contributed by atoms with Gasteiger partial charge in [-0.3, -0.25) is 4.79 Å². The number of hydrogen-bond donors (Lipinski definition) is 1. The molecule has 0 radical (unpaired) electrons. The van der Waals surface area contributed by atoms with E-state index in [0.717, 1.165) is 31.0 Å². The SMILES string of the molecule is CCCCn1nnnc1COC(=O)CNS(=O)(=O)c1cccc(C(F)(F)F)c1. The van der Waals surface area contributed by atoms with Crippen molar-refractivity contribution in [3.05, 3.63) is 35.7 Å². The van der Waals surface area contributed by atoms with Crippen molar-refractivity contribution < 1.29 is 31.1 Å². The summed E-state index contributed by atoms with van der Waals surface area (Å²) in [5.41, 5.74) is -1.11. The number of ether oxygens (including phenoxy) is 1. The van der Waals surface area contributed by atoms with Gasteiger partial charge in [-0.25, -0.2) is 13.1 Å². The highest BCUT2D eigenvalue weighted by atomic mass is 32.2. The molecule has 1 heterocycles. The summed E-state index contributed by atoms with van der Waals surface area (Å²) in [5.74, 6) is -0.636. The molecule has 1 N–H and O–H groups in total. The number of sulfonamides is 1. The molecule has 2 aromatic rings. The van der Waals surface area contributed by atoms with Crippen molar-refractivity contribution in [3.63, 3.8) is 0 Å². The lowest BCUT2D eigenvalue weighted by molar-refractivity contribution is -0.143. The molecule has 28 heavy (non-hydrogen) atoms. The summed E-state index contributed by atoms with van der Waals surface area (Å²) in [6, 6.07) is 3.18. The van der Waals surface area contributed by atoms with Gasteiger partial charge in [-0.1, -0.05) is 19.4 Å². The van der Waals surface area contributed by atoms with E-state index in [1.807, 2.05) is 11.6 Å². The van der Waals surface area contributed by atoms with Crippen LogP contribution in [0.4, 0.5) is 13.2 Å². The monoisotopic (exact) mass is 421 g/mol. The standard InChI is InChI=1S/C15H18F3N5O4S/c1-2-3-7-23-13(20-21-22-23)10-27-14(24)9-19-28(25,26)12-6-4-5-11(8-12)15(16,17)18/h4-6,8,19H,2-3,7,9-10H2,1H3. The van der Waals surface area contributed by atoms with Crippen LogP contribution in [0.2, 0.25) is 0 Å². The maximum Gasteiger partial charge on any atom is 0.416 e. The average Bonchev–Trinajstić information content (AvgIpc) is 3.10. The van der Waals surface area contributed by atoms with Gasteiger partial charge < -0.3 is 4.74 Å². The molecule has 0 atom stereocenters. The van der Waals surface area contributed by atoms with Crippen molar-refractivity contribution in [3.8, 4) is 0 Å². The van der Waals surface area contributed by atoms with Gasteiger partial charge in [-0.2, -0.15) is 17.9 Å². The molecule has 0 saturated heterocycles. The number of benzene rings is 1. The van der Waals surface area contributed by atoms with Crippen LogP contribution in [0.15, 0.2) is 29.2 Å². The highest BCUT2D eigenvalue weighted by Crippen LogP contribution is 2.30.